The van der Waals surface area contributed by atoms with Crippen molar-refractivity contribution in [3.63, 3.8) is 0 Å². The van der Waals surface area contributed by atoms with Crippen molar-refractivity contribution in [1.29, 1.82) is 0 Å². The maximum Gasteiger partial charge on any atom is 0.133 e. The van der Waals surface area contributed by atoms with Crippen LogP contribution in [0.25, 0.3) is 0 Å². The lowest BCUT2D eigenvalue weighted by Gasteiger charge is -2.12. The molecule has 0 unspecified atom stereocenters. The van der Waals surface area contributed by atoms with Gasteiger partial charge in [-0.05, 0) is 55.3 Å². The average Bonchev–Trinajstić information content (AvgIpc) is 2.38. The summed E-state index contributed by atoms with van der Waals surface area (Å²) in [6, 6.07) is 8.89. The molecular formula is C15H14Cl2O2. The summed E-state index contributed by atoms with van der Waals surface area (Å²) >= 11 is 12.0. The van der Waals surface area contributed by atoms with Crippen LogP contribution in [0.1, 0.15) is 16.7 Å². The Morgan fingerprint density at radius 3 is 2.26 bits per heavy atom. The van der Waals surface area contributed by atoms with E-state index in [1.807, 2.05) is 26.0 Å². The first-order chi connectivity index (χ1) is 9.01. The van der Waals surface area contributed by atoms with E-state index >= 15 is 0 Å². The van der Waals surface area contributed by atoms with Gasteiger partial charge in [0.15, 0.2) is 0 Å². The molecule has 2 rings (SSSR count). The molecule has 2 aromatic rings. The smallest absolute Gasteiger partial charge is 0.133 e. The normalized spacial score (nSPS) is 10.6. The minimum Gasteiger partial charge on any atom is -0.457 e. The standard InChI is InChI=1S/C15H14Cl2O2/c1-9-5-13(6-10(2)15(9)17)19-14-4-3-12(16)7-11(14)8-18/h3-7,18H,8H2,1-2H3. The fourth-order valence-corrected chi connectivity index (χ4v) is 2.17. The minimum absolute atomic E-state index is 0.124. The van der Waals surface area contributed by atoms with Crippen LogP contribution in [0.5, 0.6) is 11.5 Å². The highest BCUT2D eigenvalue weighted by molar-refractivity contribution is 6.32. The van der Waals surface area contributed by atoms with Gasteiger partial charge in [-0.15, -0.1) is 0 Å². The first-order valence-electron chi connectivity index (χ1n) is 5.85. The van der Waals surface area contributed by atoms with E-state index in [1.165, 1.54) is 0 Å². The van der Waals surface area contributed by atoms with Crippen LogP contribution >= 0.6 is 23.2 Å². The first-order valence-corrected chi connectivity index (χ1v) is 6.60. The zero-order valence-electron chi connectivity index (χ0n) is 10.7. The molecule has 0 aromatic heterocycles. The molecule has 0 fully saturated rings. The van der Waals surface area contributed by atoms with Crippen molar-refractivity contribution in [2.24, 2.45) is 0 Å². The van der Waals surface area contributed by atoms with Crippen molar-refractivity contribution < 1.29 is 9.84 Å². The molecule has 0 spiro atoms. The third kappa shape index (κ3) is 3.21. The molecule has 0 bridgehead atoms. The second kappa shape index (κ2) is 5.83. The Morgan fingerprint density at radius 2 is 1.68 bits per heavy atom. The van der Waals surface area contributed by atoms with Crippen LogP contribution in [0.4, 0.5) is 0 Å². The molecule has 0 saturated heterocycles. The monoisotopic (exact) mass is 296 g/mol. The van der Waals surface area contributed by atoms with E-state index in [0.29, 0.717) is 22.1 Å². The Balaban J connectivity index is 2.36. The number of aliphatic hydroxyl groups is 1. The summed E-state index contributed by atoms with van der Waals surface area (Å²) < 4.78 is 5.79. The molecule has 0 heterocycles. The Morgan fingerprint density at radius 1 is 1.05 bits per heavy atom. The lowest BCUT2D eigenvalue weighted by atomic mass is 10.1. The van der Waals surface area contributed by atoms with E-state index in [2.05, 4.69) is 0 Å². The van der Waals surface area contributed by atoms with Gasteiger partial charge >= 0.3 is 0 Å². The van der Waals surface area contributed by atoms with Crippen molar-refractivity contribution in [3.05, 3.63) is 57.1 Å². The zero-order valence-corrected chi connectivity index (χ0v) is 12.2. The molecule has 2 nitrogen and oxygen atoms in total. The summed E-state index contributed by atoms with van der Waals surface area (Å²) in [5.74, 6) is 1.28. The number of hydrogen-bond acceptors (Lipinski definition) is 2. The van der Waals surface area contributed by atoms with Crippen LogP contribution in [0.2, 0.25) is 10.0 Å². The van der Waals surface area contributed by atoms with Crippen molar-refractivity contribution in [2.45, 2.75) is 20.5 Å². The summed E-state index contributed by atoms with van der Waals surface area (Å²) in [4.78, 5) is 0. The molecule has 0 radical (unpaired) electrons. The van der Waals surface area contributed by atoms with Gasteiger partial charge in [0.2, 0.25) is 0 Å². The SMILES string of the molecule is Cc1cc(Oc2ccc(Cl)cc2CO)cc(C)c1Cl. The minimum atomic E-state index is -0.124. The van der Waals surface area contributed by atoms with E-state index in [9.17, 15) is 5.11 Å². The Hall–Kier alpha value is -1.22. The molecule has 0 atom stereocenters. The highest BCUT2D eigenvalue weighted by Gasteiger charge is 2.08. The van der Waals surface area contributed by atoms with Crippen molar-refractivity contribution in [3.8, 4) is 11.5 Å². The molecule has 0 aliphatic heterocycles. The topological polar surface area (TPSA) is 29.5 Å². The van der Waals surface area contributed by atoms with Crippen LogP contribution in [-0.4, -0.2) is 5.11 Å². The second-order valence-corrected chi connectivity index (χ2v) is 5.20. The quantitative estimate of drug-likeness (QED) is 0.873. The molecule has 100 valence electrons. The van der Waals surface area contributed by atoms with Gasteiger partial charge in [-0.25, -0.2) is 0 Å². The number of halogens is 2. The van der Waals surface area contributed by atoms with Crippen LogP contribution in [0, 0.1) is 13.8 Å². The predicted molar refractivity (Wildman–Crippen MR) is 78.4 cm³/mol. The highest BCUT2D eigenvalue weighted by atomic mass is 35.5. The molecule has 19 heavy (non-hydrogen) atoms. The molecule has 0 amide bonds. The fraction of sp³-hybridized carbons (Fsp3) is 0.200. The Labute approximate surface area is 122 Å². The highest BCUT2D eigenvalue weighted by Crippen LogP contribution is 2.31. The molecule has 0 saturated carbocycles. The van der Waals surface area contributed by atoms with Gasteiger partial charge in [0.25, 0.3) is 0 Å². The zero-order chi connectivity index (χ0) is 14.0. The first kappa shape index (κ1) is 14.2. The Kier molecular flexibility index (Phi) is 4.35. The molecule has 0 aliphatic carbocycles. The van der Waals surface area contributed by atoms with Crippen LogP contribution < -0.4 is 4.74 Å². The van der Waals surface area contributed by atoms with Crippen molar-refractivity contribution in [2.75, 3.05) is 0 Å². The summed E-state index contributed by atoms with van der Waals surface area (Å²) in [7, 11) is 0. The van der Waals surface area contributed by atoms with Gasteiger partial charge < -0.3 is 9.84 Å². The average molecular weight is 297 g/mol. The van der Waals surface area contributed by atoms with Gasteiger partial charge in [-0.1, -0.05) is 23.2 Å². The molecular weight excluding hydrogens is 283 g/mol. The number of aryl methyl sites for hydroxylation is 2. The summed E-state index contributed by atoms with van der Waals surface area (Å²) in [5, 5.41) is 10.6. The molecule has 0 aliphatic rings. The number of benzene rings is 2. The van der Waals surface area contributed by atoms with Crippen LogP contribution in [0.3, 0.4) is 0 Å². The summed E-state index contributed by atoms with van der Waals surface area (Å²) in [5.41, 5.74) is 2.56. The maximum absolute atomic E-state index is 9.31. The maximum atomic E-state index is 9.31. The van der Waals surface area contributed by atoms with E-state index in [1.54, 1.807) is 18.2 Å². The third-order valence-corrected chi connectivity index (χ3v) is 3.66. The van der Waals surface area contributed by atoms with Gasteiger partial charge in [0.1, 0.15) is 11.5 Å². The van der Waals surface area contributed by atoms with Crippen molar-refractivity contribution >= 4 is 23.2 Å². The van der Waals surface area contributed by atoms with Crippen LogP contribution in [-0.2, 0) is 6.61 Å². The largest absolute Gasteiger partial charge is 0.457 e. The molecule has 1 N–H and O–H groups in total. The molecule has 2 aromatic carbocycles. The second-order valence-electron chi connectivity index (χ2n) is 4.38. The van der Waals surface area contributed by atoms with E-state index in [-0.39, 0.29) is 6.61 Å². The number of aliphatic hydroxyl groups excluding tert-OH is 1. The van der Waals surface area contributed by atoms with Crippen molar-refractivity contribution in [1.82, 2.24) is 0 Å². The van der Waals surface area contributed by atoms with E-state index in [4.69, 9.17) is 27.9 Å². The van der Waals surface area contributed by atoms with Crippen LogP contribution in [0.15, 0.2) is 30.3 Å². The predicted octanol–water partition coefficient (Wildman–Crippen LogP) is 4.89. The fourth-order valence-electron chi connectivity index (χ4n) is 1.86. The molecule has 4 heteroatoms. The Bertz CT molecular complexity index is 586. The lowest BCUT2D eigenvalue weighted by molar-refractivity contribution is 0.276. The lowest BCUT2D eigenvalue weighted by Crippen LogP contribution is -1.93. The number of rotatable bonds is 3. The van der Waals surface area contributed by atoms with Gasteiger partial charge in [0.05, 0.1) is 6.61 Å². The van der Waals surface area contributed by atoms with E-state index < -0.39 is 0 Å². The number of ether oxygens (including phenoxy) is 1. The third-order valence-electron chi connectivity index (χ3n) is 2.83. The van der Waals surface area contributed by atoms with Gasteiger partial charge in [-0.2, -0.15) is 0 Å². The van der Waals surface area contributed by atoms with E-state index in [0.717, 1.165) is 16.1 Å². The summed E-state index contributed by atoms with van der Waals surface area (Å²) in [6.45, 7) is 3.73. The van der Waals surface area contributed by atoms with Gasteiger partial charge in [-0.3, -0.25) is 0 Å². The van der Waals surface area contributed by atoms with Gasteiger partial charge in [0, 0.05) is 15.6 Å². The summed E-state index contributed by atoms with van der Waals surface area (Å²) in [6.07, 6.45) is 0. The number of hydrogen-bond donors (Lipinski definition) is 1.